The molecule has 0 aliphatic rings. The number of carboxylic acids is 1. The summed E-state index contributed by atoms with van der Waals surface area (Å²) in [6.07, 6.45) is -0.672. The SMILES string of the molecule is COC(=O)Nc1sc(C)cc1C(=O)O. The molecule has 0 saturated heterocycles. The van der Waals surface area contributed by atoms with Gasteiger partial charge in [-0.05, 0) is 13.0 Å². The lowest BCUT2D eigenvalue weighted by Gasteiger charge is -2.00. The molecular weight excluding hydrogens is 206 g/mol. The maximum Gasteiger partial charge on any atom is 0.411 e. The molecule has 1 aromatic heterocycles. The zero-order valence-corrected chi connectivity index (χ0v) is 8.47. The van der Waals surface area contributed by atoms with E-state index >= 15 is 0 Å². The lowest BCUT2D eigenvalue weighted by Crippen LogP contribution is -2.12. The number of ether oxygens (including phenoxy) is 1. The fraction of sp³-hybridized carbons (Fsp3) is 0.250. The van der Waals surface area contributed by atoms with Crippen LogP contribution in [0.3, 0.4) is 0 Å². The molecule has 0 aromatic carbocycles. The summed E-state index contributed by atoms with van der Waals surface area (Å²) >= 11 is 1.19. The Bertz CT molecular complexity index is 371. The number of anilines is 1. The second-order valence-corrected chi connectivity index (χ2v) is 3.78. The number of hydrogen-bond donors (Lipinski definition) is 2. The number of rotatable bonds is 2. The van der Waals surface area contributed by atoms with E-state index in [0.717, 1.165) is 4.88 Å². The number of carbonyl (C=O) groups excluding carboxylic acids is 1. The summed E-state index contributed by atoms with van der Waals surface area (Å²) in [4.78, 5) is 22.4. The molecule has 6 heteroatoms. The minimum atomic E-state index is -1.07. The van der Waals surface area contributed by atoms with E-state index in [1.165, 1.54) is 24.5 Å². The van der Waals surface area contributed by atoms with Crippen molar-refractivity contribution in [3.63, 3.8) is 0 Å². The molecule has 1 aromatic rings. The molecule has 1 amide bonds. The highest BCUT2D eigenvalue weighted by atomic mass is 32.1. The average molecular weight is 215 g/mol. The number of nitrogens with one attached hydrogen (secondary N) is 1. The first-order valence-electron chi connectivity index (χ1n) is 3.73. The third-order valence-electron chi connectivity index (χ3n) is 1.49. The molecule has 0 spiro atoms. The van der Waals surface area contributed by atoms with Gasteiger partial charge in [0.1, 0.15) is 5.00 Å². The second-order valence-electron chi connectivity index (χ2n) is 2.52. The molecule has 5 nitrogen and oxygen atoms in total. The predicted octanol–water partition coefficient (Wildman–Crippen LogP) is 1.93. The van der Waals surface area contributed by atoms with Crippen LogP contribution in [0, 0.1) is 6.92 Å². The quantitative estimate of drug-likeness (QED) is 0.790. The van der Waals surface area contributed by atoms with E-state index in [1.54, 1.807) is 6.92 Å². The van der Waals surface area contributed by atoms with E-state index < -0.39 is 12.1 Å². The van der Waals surface area contributed by atoms with Crippen LogP contribution in [-0.4, -0.2) is 24.3 Å². The largest absolute Gasteiger partial charge is 0.478 e. The Morgan fingerprint density at radius 3 is 2.71 bits per heavy atom. The Labute approximate surface area is 84.3 Å². The van der Waals surface area contributed by atoms with Gasteiger partial charge in [-0.25, -0.2) is 9.59 Å². The first kappa shape index (κ1) is 10.5. The number of methoxy groups -OCH3 is 1. The van der Waals surface area contributed by atoms with Crippen LogP contribution < -0.4 is 5.32 Å². The van der Waals surface area contributed by atoms with Crippen molar-refractivity contribution in [1.29, 1.82) is 0 Å². The Balaban J connectivity index is 2.95. The van der Waals surface area contributed by atoms with Crippen molar-refractivity contribution in [1.82, 2.24) is 0 Å². The molecular formula is C8H9NO4S. The highest BCUT2D eigenvalue weighted by molar-refractivity contribution is 7.16. The normalized spacial score (nSPS) is 9.57. The van der Waals surface area contributed by atoms with Gasteiger partial charge in [-0.2, -0.15) is 0 Å². The maximum atomic E-state index is 10.8. The van der Waals surface area contributed by atoms with Gasteiger partial charge in [0.2, 0.25) is 0 Å². The monoisotopic (exact) mass is 215 g/mol. The van der Waals surface area contributed by atoms with Crippen LogP contribution in [0.2, 0.25) is 0 Å². The summed E-state index contributed by atoms with van der Waals surface area (Å²) in [5, 5.41) is 11.4. The van der Waals surface area contributed by atoms with Crippen LogP contribution in [0.1, 0.15) is 15.2 Å². The van der Waals surface area contributed by atoms with Crippen molar-refractivity contribution in [2.24, 2.45) is 0 Å². The van der Waals surface area contributed by atoms with Crippen LogP contribution in [0.4, 0.5) is 9.80 Å². The molecule has 14 heavy (non-hydrogen) atoms. The van der Waals surface area contributed by atoms with Gasteiger partial charge < -0.3 is 9.84 Å². The van der Waals surface area contributed by atoms with Crippen molar-refractivity contribution in [3.05, 3.63) is 16.5 Å². The van der Waals surface area contributed by atoms with Gasteiger partial charge in [0.05, 0.1) is 12.7 Å². The van der Waals surface area contributed by atoms with E-state index in [4.69, 9.17) is 5.11 Å². The number of thiophene rings is 1. The number of hydrogen-bond acceptors (Lipinski definition) is 4. The maximum absolute atomic E-state index is 10.8. The zero-order chi connectivity index (χ0) is 10.7. The highest BCUT2D eigenvalue weighted by Crippen LogP contribution is 2.27. The van der Waals surface area contributed by atoms with Crippen molar-refractivity contribution in [3.8, 4) is 0 Å². The van der Waals surface area contributed by atoms with Crippen LogP contribution in [0.5, 0.6) is 0 Å². The lowest BCUT2D eigenvalue weighted by atomic mass is 10.3. The van der Waals surface area contributed by atoms with E-state index in [2.05, 4.69) is 10.1 Å². The summed E-state index contributed by atoms with van der Waals surface area (Å²) in [7, 11) is 1.22. The van der Waals surface area contributed by atoms with E-state index in [1.807, 2.05) is 0 Å². The fourth-order valence-corrected chi connectivity index (χ4v) is 1.80. The number of carbonyl (C=O) groups is 2. The summed E-state index contributed by atoms with van der Waals surface area (Å²) in [6, 6.07) is 1.50. The van der Waals surface area contributed by atoms with Crippen molar-refractivity contribution in [2.75, 3.05) is 12.4 Å². The van der Waals surface area contributed by atoms with Crippen LogP contribution in [0.15, 0.2) is 6.07 Å². The van der Waals surface area contributed by atoms with E-state index in [-0.39, 0.29) is 5.56 Å². The van der Waals surface area contributed by atoms with Gasteiger partial charge in [0.15, 0.2) is 0 Å². The first-order valence-corrected chi connectivity index (χ1v) is 4.55. The summed E-state index contributed by atoms with van der Waals surface area (Å²) in [5.74, 6) is -1.07. The Morgan fingerprint density at radius 1 is 1.57 bits per heavy atom. The van der Waals surface area contributed by atoms with Gasteiger partial charge in [-0.1, -0.05) is 0 Å². The minimum Gasteiger partial charge on any atom is -0.478 e. The minimum absolute atomic E-state index is 0.0814. The predicted molar refractivity (Wildman–Crippen MR) is 52.0 cm³/mol. The molecule has 1 heterocycles. The van der Waals surface area contributed by atoms with Crippen LogP contribution >= 0.6 is 11.3 Å². The third-order valence-corrected chi connectivity index (χ3v) is 2.45. The molecule has 2 N–H and O–H groups in total. The fourth-order valence-electron chi connectivity index (χ4n) is 0.910. The van der Waals surface area contributed by atoms with E-state index in [0.29, 0.717) is 5.00 Å². The Hall–Kier alpha value is -1.56. The van der Waals surface area contributed by atoms with Gasteiger partial charge in [-0.15, -0.1) is 11.3 Å². The molecule has 1 rings (SSSR count). The molecule has 76 valence electrons. The zero-order valence-electron chi connectivity index (χ0n) is 7.66. The number of carboxylic acid groups (broad SMARTS) is 1. The topological polar surface area (TPSA) is 75.6 Å². The molecule has 0 radical (unpaired) electrons. The molecule has 0 bridgehead atoms. The van der Waals surface area contributed by atoms with Crippen molar-refractivity contribution in [2.45, 2.75) is 6.92 Å². The van der Waals surface area contributed by atoms with Gasteiger partial charge in [-0.3, -0.25) is 5.32 Å². The Kier molecular flexibility index (Phi) is 3.08. The Morgan fingerprint density at radius 2 is 2.21 bits per heavy atom. The average Bonchev–Trinajstić information content (AvgIpc) is 2.46. The third kappa shape index (κ3) is 2.23. The molecule has 0 aliphatic carbocycles. The lowest BCUT2D eigenvalue weighted by molar-refractivity contribution is 0.0698. The van der Waals surface area contributed by atoms with Gasteiger partial charge >= 0.3 is 12.1 Å². The van der Waals surface area contributed by atoms with Gasteiger partial charge in [0.25, 0.3) is 0 Å². The number of aromatic carboxylic acids is 1. The smallest absolute Gasteiger partial charge is 0.411 e. The molecule has 0 atom stereocenters. The molecule has 0 fully saturated rings. The number of aryl methyl sites for hydroxylation is 1. The first-order chi connectivity index (χ1) is 6.54. The summed E-state index contributed by atoms with van der Waals surface area (Å²) < 4.78 is 4.36. The van der Waals surface area contributed by atoms with Crippen molar-refractivity contribution >= 4 is 28.4 Å². The second kappa shape index (κ2) is 4.10. The molecule has 0 saturated carbocycles. The summed E-state index contributed by atoms with van der Waals surface area (Å²) in [6.45, 7) is 1.76. The molecule has 0 unspecified atom stereocenters. The van der Waals surface area contributed by atoms with Gasteiger partial charge in [0, 0.05) is 4.88 Å². The molecule has 0 aliphatic heterocycles. The standard InChI is InChI=1S/C8H9NO4S/c1-4-3-5(7(10)11)6(14-4)9-8(12)13-2/h3H,1-2H3,(H,9,12)(H,10,11). The summed E-state index contributed by atoms with van der Waals surface area (Å²) in [5.41, 5.74) is 0.0814. The number of amides is 1. The highest BCUT2D eigenvalue weighted by Gasteiger charge is 2.15. The van der Waals surface area contributed by atoms with Crippen LogP contribution in [-0.2, 0) is 4.74 Å². The van der Waals surface area contributed by atoms with E-state index in [9.17, 15) is 9.59 Å². The van der Waals surface area contributed by atoms with Crippen LogP contribution in [0.25, 0.3) is 0 Å². The van der Waals surface area contributed by atoms with Crippen molar-refractivity contribution < 1.29 is 19.4 Å².